The van der Waals surface area contributed by atoms with Crippen molar-refractivity contribution in [1.82, 2.24) is 25.9 Å². The van der Waals surface area contributed by atoms with Crippen LogP contribution < -0.4 is 27.4 Å². The fraction of sp³-hybridized carbons (Fsp3) is 0.562. The molecule has 1 aromatic heterocycles. The fourth-order valence-electron chi connectivity index (χ4n) is 2.40. The van der Waals surface area contributed by atoms with Crippen LogP contribution in [0.15, 0.2) is 12.5 Å². The van der Waals surface area contributed by atoms with Crippen LogP contribution in [-0.2, 0) is 25.6 Å². The van der Waals surface area contributed by atoms with Crippen LogP contribution in [0.3, 0.4) is 0 Å². The molecule has 1 heterocycles. The van der Waals surface area contributed by atoms with Gasteiger partial charge in [0.25, 0.3) is 0 Å². The van der Waals surface area contributed by atoms with E-state index >= 15 is 0 Å². The zero-order chi connectivity index (χ0) is 20.2. The number of nitrogens with two attached hydrogens (primary N) is 2. The van der Waals surface area contributed by atoms with E-state index in [-0.39, 0.29) is 18.9 Å². The Kier molecular flexibility index (Phi) is 9.51. The number of nitrogens with zero attached hydrogens (tertiary/aromatic N) is 1. The predicted octanol–water partition coefficient (Wildman–Crippen LogP) is -2.33. The van der Waals surface area contributed by atoms with Crippen molar-refractivity contribution in [3.63, 3.8) is 0 Å². The fourth-order valence-corrected chi connectivity index (χ4v) is 2.40. The van der Waals surface area contributed by atoms with Gasteiger partial charge in [-0.15, -0.1) is 0 Å². The third-order valence-corrected chi connectivity index (χ3v) is 3.68. The van der Waals surface area contributed by atoms with Crippen molar-refractivity contribution in [3.8, 4) is 0 Å². The number of hydrogen-bond donors (Lipinski definition) is 6. The lowest BCUT2D eigenvalue weighted by Gasteiger charge is -2.22. The van der Waals surface area contributed by atoms with E-state index in [1.165, 1.54) is 13.3 Å². The summed E-state index contributed by atoms with van der Waals surface area (Å²) < 4.78 is 0. The maximum atomic E-state index is 12.6. The number of H-pyrrole nitrogens is 1. The summed E-state index contributed by atoms with van der Waals surface area (Å²) in [5.41, 5.74) is 11.0. The van der Waals surface area contributed by atoms with E-state index in [2.05, 4.69) is 25.9 Å². The largest absolute Gasteiger partial charge is 0.368 e. The molecule has 2 atom stereocenters. The summed E-state index contributed by atoms with van der Waals surface area (Å²) in [7, 11) is 0. The third kappa shape index (κ3) is 8.81. The Morgan fingerprint density at radius 2 is 1.89 bits per heavy atom. The molecule has 27 heavy (non-hydrogen) atoms. The van der Waals surface area contributed by atoms with Crippen LogP contribution in [0.2, 0.25) is 0 Å². The highest BCUT2D eigenvalue weighted by molar-refractivity contribution is 5.93. The van der Waals surface area contributed by atoms with Gasteiger partial charge in [-0.1, -0.05) is 0 Å². The minimum Gasteiger partial charge on any atom is -0.368 e. The Morgan fingerprint density at radius 1 is 1.15 bits per heavy atom. The number of primary amides is 1. The lowest BCUT2D eigenvalue weighted by molar-refractivity contribution is -0.132. The number of nitrogens with one attached hydrogen (secondary N) is 4. The number of amides is 4. The number of rotatable bonds is 12. The summed E-state index contributed by atoms with van der Waals surface area (Å²) in [5.74, 6) is -2.14. The van der Waals surface area contributed by atoms with Gasteiger partial charge in [-0.25, -0.2) is 4.98 Å². The van der Waals surface area contributed by atoms with Crippen molar-refractivity contribution >= 4 is 23.6 Å². The molecular formula is C16H27N7O4. The molecule has 0 aromatic carbocycles. The van der Waals surface area contributed by atoms with E-state index in [1.807, 2.05) is 0 Å². The second-order valence-electron chi connectivity index (χ2n) is 6.05. The number of carbonyl (C=O) groups is 4. The smallest absolute Gasteiger partial charge is 0.243 e. The Hall–Kier alpha value is -2.95. The highest BCUT2D eigenvalue weighted by atomic mass is 16.2. The van der Waals surface area contributed by atoms with Gasteiger partial charge in [0.1, 0.15) is 12.1 Å². The van der Waals surface area contributed by atoms with Gasteiger partial charge in [0.15, 0.2) is 0 Å². The van der Waals surface area contributed by atoms with Crippen molar-refractivity contribution in [2.75, 3.05) is 13.1 Å². The molecule has 11 nitrogen and oxygen atoms in total. The minimum absolute atomic E-state index is 0.107. The SMILES string of the molecule is CC(=O)N[C@@H](CCCCN)C(=O)N[C@@H](Cc1c[nH]cn1)C(=O)NCC(N)=O. The van der Waals surface area contributed by atoms with Crippen LogP contribution in [-0.4, -0.2) is 58.8 Å². The highest BCUT2D eigenvalue weighted by Crippen LogP contribution is 2.04. The summed E-state index contributed by atoms with van der Waals surface area (Å²) in [6.45, 7) is 1.44. The monoisotopic (exact) mass is 381 g/mol. The van der Waals surface area contributed by atoms with E-state index in [4.69, 9.17) is 11.5 Å². The first-order chi connectivity index (χ1) is 12.8. The van der Waals surface area contributed by atoms with Gasteiger partial charge in [0.05, 0.1) is 18.6 Å². The van der Waals surface area contributed by atoms with E-state index in [0.717, 1.165) is 0 Å². The van der Waals surface area contributed by atoms with Gasteiger partial charge < -0.3 is 32.4 Å². The number of aromatic amines is 1. The summed E-state index contributed by atoms with van der Waals surface area (Å²) >= 11 is 0. The normalized spacial score (nSPS) is 12.7. The first kappa shape index (κ1) is 22.1. The summed E-state index contributed by atoms with van der Waals surface area (Å²) in [6.07, 6.45) is 4.89. The minimum atomic E-state index is -0.981. The molecule has 0 spiro atoms. The summed E-state index contributed by atoms with van der Waals surface area (Å²) in [6, 6.07) is -1.77. The highest BCUT2D eigenvalue weighted by Gasteiger charge is 2.26. The van der Waals surface area contributed by atoms with Crippen LogP contribution in [0, 0.1) is 0 Å². The average molecular weight is 381 g/mol. The predicted molar refractivity (Wildman–Crippen MR) is 96.9 cm³/mol. The van der Waals surface area contributed by atoms with Crippen molar-refractivity contribution < 1.29 is 19.2 Å². The molecule has 4 amide bonds. The molecule has 0 aliphatic rings. The molecule has 1 rings (SSSR count). The molecule has 0 aliphatic carbocycles. The van der Waals surface area contributed by atoms with Crippen LogP contribution in [0.1, 0.15) is 31.9 Å². The third-order valence-electron chi connectivity index (χ3n) is 3.68. The molecule has 0 fully saturated rings. The summed E-state index contributed by atoms with van der Waals surface area (Å²) in [4.78, 5) is 54.0. The second kappa shape index (κ2) is 11.6. The maximum Gasteiger partial charge on any atom is 0.243 e. The molecule has 0 bridgehead atoms. The molecule has 0 aliphatic heterocycles. The topological polar surface area (TPSA) is 185 Å². The number of unbranched alkanes of at least 4 members (excludes halogenated alkanes) is 1. The van der Waals surface area contributed by atoms with Crippen molar-refractivity contribution in [1.29, 1.82) is 0 Å². The molecule has 0 radical (unpaired) electrons. The molecule has 11 heteroatoms. The van der Waals surface area contributed by atoms with Crippen LogP contribution in [0.5, 0.6) is 0 Å². The van der Waals surface area contributed by atoms with Crippen molar-refractivity contribution in [2.24, 2.45) is 11.5 Å². The molecule has 150 valence electrons. The standard InChI is InChI=1S/C16H27N7O4/c1-10(24)22-12(4-2-3-5-17)16(27)23-13(6-11-7-19-9-21-11)15(26)20-8-14(18)25/h7,9,12-13H,2-6,8,17H2,1H3,(H2,18,25)(H,19,21)(H,20,26)(H,22,24)(H,23,27)/t12-,13-/m0/s1. The second-order valence-corrected chi connectivity index (χ2v) is 6.05. The lowest BCUT2D eigenvalue weighted by Crippen LogP contribution is -2.55. The van der Waals surface area contributed by atoms with Crippen LogP contribution in [0.4, 0.5) is 0 Å². The Bertz CT molecular complexity index is 633. The van der Waals surface area contributed by atoms with E-state index in [1.54, 1.807) is 6.20 Å². The van der Waals surface area contributed by atoms with Crippen molar-refractivity contribution in [2.45, 2.75) is 44.7 Å². The maximum absolute atomic E-state index is 12.6. The van der Waals surface area contributed by atoms with Crippen molar-refractivity contribution in [3.05, 3.63) is 18.2 Å². The van der Waals surface area contributed by atoms with E-state index < -0.39 is 29.8 Å². The Labute approximate surface area is 157 Å². The molecule has 1 aromatic rings. The van der Waals surface area contributed by atoms with Crippen LogP contribution >= 0.6 is 0 Å². The number of carbonyl (C=O) groups excluding carboxylic acids is 4. The zero-order valence-electron chi connectivity index (χ0n) is 15.3. The van der Waals surface area contributed by atoms with Gasteiger partial charge in [-0.2, -0.15) is 0 Å². The van der Waals surface area contributed by atoms with Gasteiger partial charge in [0, 0.05) is 19.5 Å². The van der Waals surface area contributed by atoms with Gasteiger partial charge in [-0.05, 0) is 25.8 Å². The first-order valence-corrected chi connectivity index (χ1v) is 8.64. The quantitative estimate of drug-likeness (QED) is 0.220. The number of hydrogen-bond acceptors (Lipinski definition) is 6. The molecule has 0 saturated carbocycles. The van der Waals surface area contributed by atoms with E-state index in [9.17, 15) is 19.2 Å². The van der Waals surface area contributed by atoms with Gasteiger partial charge >= 0.3 is 0 Å². The Morgan fingerprint density at radius 3 is 2.44 bits per heavy atom. The summed E-state index contributed by atoms with van der Waals surface area (Å²) in [5, 5.41) is 7.54. The average Bonchev–Trinajstić information content (AvgIpc) is 3.11. The lowest BCUT2D eigenvalue weighted by atomic mass is 10.1. The molecule has 0 unspecified atom stereocenters. The number of imidazole rings is 1. The Balaban J connectivity index is 2.81. The number of aromatic nitrogens is 2. The van der Waals surface area contributed by atoms with Gasteiger partial charge in [-0.3, -0.25) is 19.2 Å². The molecule has 8 N–H and O–H groups in total. The van der Waals surface area contributed by atoms with Crippen LogP contribution in [0.25, 0.3) is 0 Å². The molecular weight excluding hydrogens is 354 g/mol. The zero-order valence-corrected chi connectivity index (χ0v) is 15.3. The molecule has 0 saturated heterocycles. The van der Waals surface area contributed by atoms with E-state index in [0.29, 0.717) is 31.5 Å². The first-order valence-electron chi connectivity index (χ1n) is 8.64. The van der Waals surface area contributed by atoms with Gasteiger partial charge in [0.2, 0.25) is 23.6 Å².